The highest BCUT2D eigenvalue weighted by Gasteiger charge is 2.45. The number of hydrogen-bond donors (Lipinski definition) is 1. The Hall–Kier alpha value is -2.54. The molecule has 0 bridgehead atoms. The quantitative estimate of drug-likeness (QED) is 0.862. The van der Waals surface area contributed by atoms with Crippen LogP contribution in [0.1, 0.15) is 22.3 Å². The van der Waals surface area contributed by atoms with Crippen LogP contribution in [0.2, 0.25) is 0 Å². The molecule has 0 heterocycles. The maximum Gasteiger partial charge on any atom is 0.342 e. The van der Waals surface area contributed by atoms with Crippen molar-refractivity contribution in [3.63, 3.8) is 0 Å². The van der Waals surface area contributed by atoms with E-state index in [1.807, 2.05) is 0 Å². The fourth-order valence-corrected chi connectivity index (χ4v) is 2.33. The van der Waals surface area contributed by atoms with E-state index in [0.29, 0.717) is 5.56 Å². The fourth-order valence-electron chi connectivity index (χ4n) is 2.33. The molecule has 1 aliphatic carbocycles. The number of carboxylic acid groups (broad SMARTS) is 1. The highest BCUT2D eigenvalue weighted by Crippen LogP contribution is 2.41. The van der Waals surface area contributed by atoms with Crippen LogP contribution in [0.4, 0.5) is 8.78 Å². The van der Waals surface area contributed by atoms with Gasteiger partial charge in [0.15, 0.2) is 0 Å². The van der Waals surface area contributed by atoms with Crippen molar-refractivity contribution < 1.29 is 33.0 Å². The van der Waals surface area contributed by atoms with Crippen molar-refractivity contribution in [3.8, 4) is 0 Å². The van der Waals surface area contributed by atoms with Gasteiger partial charge in [0.05, 0.1) is 12.7 Å². The Kier molecular flexibility index (Phi) is 4.60. The summed E-state index contributed by atoms with van der Waals surface area (Å²) < 4.78 is 38.1. The Morgan fingerprint density at radius 3 is 2.30 bits per heavy atom. The van der Waals surface area contributed by atoms with Gasteiger partial charge >= 0.3 is 11.9 Å². The highest BCUT2D eigenvalue weighted by atomic mass is 19.2. The second-order valence-electron chi connectivity index (χ2n) is 4.88. The number of ether oxygens (including phenoxy) is 2. The first kappa shape index (κ1) is 16.8. The van der Waals surface area contributed by atoms with Crippen molar-refractivity contribution in [2.75, 3.05) is 14.2 Å². The van der Waals surface area contributed by atoms with Crippen LogP contribution in [0.3, 0.4) is 0 Å². The molecule has 1 atom stereocenters. The lowest BCUT2D eigenvalue weighted by molar-refractivity contribution is -0.146. The number of methoxy groups -OCH3 is 2. The molecule has 0 aromatic heterocycles. The first-order chi connectivity index (χ1) is 10.8. The van der Waals surface area contributed by atoms with E-state index in [2.05, 4.69) is 4.74 Å². The molecular weight excluding hydrogens is 310 g/mol. The van der Waals surface area contributed by atoms with Crippen LogP contribution in [0.15, 0.2) is 41.7 Å². The second-order valence-corrected chi connectivity index (χ2v) is 4.88. The van der Waals surface area contributed by atoms with Gasteiger partial charge in [0.1, 0.15) is 11.4 Å². The lowest BCUT2D eigenvalue weighted by Gasteiger charge is -2.29. The van der Waals surface area contributed by atoms with Gasteiger partial charge in [0, 0.05) is 13.5 Å². The van der Waals surface area contributed by atoms with Crippen molar-refractivity contribution in [1.29, 1.82) is 0 Å². The number of aromatic carboxylic acids is 1. The standard InChI is InChI=1S/C16H14F2O5/c1-22-15(21)13-12(17)7-11(8-16(13,18)23-2)9-3-5-10(6-4-9)14(19)20/h3-7H,8H2,1-2H3,(H,19,20). The van der Waals surface area contributed by atoms with Crippen LogP contribution >= 0.6 is 0 Å². The summed E-state index contributed by atoms with van der Waals surface area (Å²) in [7, 11) is 2.04. The Bertz CT molecular complexity index is 706. The van der Waals surface area contributed by atoms with Crippen molar-refractivity contribution >= 4 is 17.5 Å². The van der Waals surface area contributed by atoms with Gasteiger partial charge < -0.3 is 14.6 Å². The molecule has 2 rings (SSSR count). The van der Waals surface area contributed by atoms with Gasteiger partial charge in [-0.15, -0.1) is 0 Å². The zero-order chi connectivity index (χ0) is 17.2. The summed E-state index contributed by atoms with van der Waals surface area (Å²) in [5.74, 6) is -6.01. The number of alkyl halides is 1. The SMILES string of the molecule is COC(=O)C1=C(F)C=C(c2ccc(C(=O)O)cc2)CC1(F)OC. The molecule has 0 fully saturated rings. The normalized spacial score (nSPS) is 21.0. The van der Waals surface area contributed by atoms with Crippen molar-refractivity contribution in [1.82, 2.24) is 0 Å². The minimum absolute atomic E-state index is 0.0506. The largest absolute Gasteiger partial charge is 0.478 e. The van der Waals surface area contributed by atoms with Gasteiger partial charge in [-0.05, 0) is 29.3 Å². The van der Waals surface area contributed by atoms with E-state index in [4.69, 9.17) is 9.84 Å². The number of carbonyl (C=O) groups excluding carboxylic acids is 1. The van der Waals surface area contributed by atoms with E-state index >= 15 is 0 Å². The Labute approximate surface area is 130 Å². The number of esters is 1. The van der Waals surface area contributed by atoms with E-state index in [9.17, 15) is 18.4 Å². The molecule has 1 aromatic rings. The van der Waals surface area contributed by atoms with Crippen molar-refractivity contribution in [2.45, 2.75) is 12.3 Å². The number of rotatable bonds is 4. The third-order valence-corrected chi connectivity index (χ3v) is 3.55. The molecule has 0 aliphatic heterocycles. The summed E-state index contributed by atoms with van der Waals surface area (Å²) in [6.45, 7) is 0. The minimum Gasteiger partial charge on any atom is -0.478 e. The van der Waals surface area contributed by atoms with Crippen LogP contribution in [0, 0.1) is 0 Å². The van der Waals surface area contributed by atoms with Crippen LogP contribution < -0.4 is 0 Å². The van der Waals surface area contributed by atoms with E-state index in [-0.39, 0.29) is 11.1 Å². The fraction of sp³-hybridized carbons (Fsp3) is 0.250. The van der Waals surface area contributed by atoms with E-state index in [0.717, 1.165) is 20.3 Å². The highest BCUT2D eigenvalue weighted by molar-refractivity contribution is 5.94. The number of carboxylic acids is 1. The number of allylic oxidation sites excluding steroid dienone is 2. The molecule has 23 heavy (non-hydrogen) atoms. The zero-order valence-corrected chi connectivity index (χ0v) is 12.4. The first-order valence-electron chi connectivity index (χ1n) is 6.59. The molecule has 0 saturated carbocycles. The smallest absolute Gasteiger partial charge is 0.342 e. The van der Waals surface area contributed by atoms with Crippen molar-refractivity contribution in [2.24, 2.45) is 0 Å². The summed E-state index contributed by atoms with van der Waals surface area (Å²) in [6, 6.07) is 5.51. The van der Waals surface area contributed by atoms with Crippen LogP contribution in [-0.2, 0) is 14.3 Å². The van der Waals surface area contributed by atoms with Crippen LogP contribution in [0.25, 0.3) is 5.57 Å². The van der Waals surface area contributed by atoms with Gasteiger partial charge in [0.2, 0.25) is 5.85 Å². The molecule has 122 valence electrons. The molecule has 1 N–H and O–H groups in total. The minimum atomic E-state index is -2.66. The molecule has 1 aliphatic rings. The Morgan fingerprint density at radius 2 is 1.83 bits per heavy atom. The van der Waals surface area contributed by atoms with Gasteiger partial charge in [0.25, 0.3) is 0 Å². The molecular formula is C16H14F2O5. The molecule has 1 unspecified atom stereocenters. The molecule has 0 saturated heterocycles. The molecule has 0 spiro atoms. The molecule has 0 amide bonds. The van der Waals surface area contributed by atoms with Gasteiger partial charge in [-0.1, -0.05) is 12.1 Å². The Balaban J connectivity index is 2.47. The molecule has 5 nitrogen and oxygen atoms in total. The average molecular weight is 324 g/mol. The van der Waals surface area contributed by atoms with Crippen LogP contribution in [-0.4, -0.2) is 37.1 Å². The molecule has 1 aromatic carbocycles. The van der Waals surface area contributed by atoms with Crippen LogP contribution in [0.5, 0.6) is 0 Å². The van der Waals surface area contributed by atoms with Gasteiger partial charge in [-0.2, -0.15) is 0 Å². The number of benzene rings is 1. The third-order valence-electron chi connectivity index (χ3n) is 3.55. The lowest BCUT2D eigenvalue weighted by atomic mass is 9.88. The van der Waals surface area contributed by atoms with E-state index < -0.39 is 35.6 Å². The van der Waals surface area contributed by atoms with Gasteiger partial charge in [-0.3, -0.25) is 0 Å². The Morgan fingerprint density at radius 1 is 1.22 bits per heavy atom. The van der Waals surface area contributed by atoms with Crippen molar-refractivity contribution in [3.05, 3.63) is 52.9 Å². The molecule has 7 heteroatoms. The number of halogens is 2. The second kappa shape index (κ2) is 6.29. The number of carbonyl (C=O) groups is 2. The predicted molar refractivity (Wildman–Crippen MR) is 77.0 cm³/mol. The summed E-state index contributed by atoms with van der Waals surface area (Å²) in [5.41, 5.74) is -0.118. The van der Waals surface area contributed by atoms with E-state index in [1.54, 1.807) is 0 Å². The number of hydrogen-bond acceptors (Lipinski definition) is 4. The third kappa shape index (κ3) is 3.14. The lowest BCUT2D eigenvalue weighted by Crippen LogP contribution is -2.36. The van der Waals surface area contributed by atoms with Gasteiger partial charge in [-0.25, -0.2) is 18.4 Å². The first-order valence-corrected chi connectivity index (χ1v) is 6.59. The zero-order valence-electron chi connectivity index (χ0n) is 12.4. The summed E-state index contributed by atoms with van der Waals surface area (Å²) in [6.07, 6.45) is 0.604. The predicted octanol–water partition coefficient (Wildman–Crippen LogP) is 2.88. The maximum atomic E-state index is 14.8. The monoisotopic (exact) mass is 324 g/mol. The average Bonchev–Trinajstić information content (AvgIpc) is 2.54. The topological polar surface area (TPSA) is 72.8 Å². The van der Waals surface area contributed by atoms with E-state index in [1.165, 1.54) is 24.3 Å². The maximum absolute atomic E-state index is 14.8. The summed E-state index contributed by atoms with van der Waals surface area (Å²) >= 11 is 0. The summed E-state index contributed by atoms with van der Waals surface area (Å²) in [5, 5.41) is 8.86. The summed E-state index contributed by atoms with van der Waals surface area (Å²) in [4.78, 5) is 22.4. The molecule has 0 radical (unpaired) electrons.